The monoisotopic (exact) mass is 250 g/mol. The van der Waals surface area contributed by atoms with E-state index in [1.54, 1.807) is 7.11 Å². The fourth-order valence-electron chi connectivity index (χ4n) is 1.84. The van der Waals surface area contributed by atoms with Crippen molar-refractivity contribution in [2.24, 2.45) is 0 Å². The van der Waals surface area contributed by atoms with Crippen molar-refractivity contribution >= 4 is 0 Å². The van der Waals surface area contributed by atoms with Gasteiger partial charge in [0.25, 0.3) is 0 Å². The van der Waals surface area contributed by atoms with Crippen LogP contribution in [-0.4, -0.2) is 30.8 Å². The first kappa shape index (κ1) is 13.3. The fraction of sp³-hybridized carbons (Fsp3) is 0.643. The number of ether oxygens (including phenoxy) is 2. The molecule has 0 spiro atoms. The van der Waals surface area contributed by atoms with Crippen molar-refractivity contribution < 1.29 is 9.47 Å². The highest BCUT2D eigenvalue weighted by Gasteiger charge is 2.20. The van der Waals surface area contributed by atoms with Crippen molar-refractivity contribution in [3.63, 3.8) is 0 Å². The molecule has 4 nitrogen and oxygen atoms in total. The smallest absolute Gasteiger partial charge is 0.213 e. The number of nitrogens with zero attached hydrogens (tertiary/aromatic N) is 1. The van der Waals surface area contributed by atoms with E-state index in [1.807, 2.05) is 19.9 Å². The van der Waals surface area contributed by atoms with E-state index in [0.717, 1.165) is 18.3 Å². The molecule has 1 heterocycles. The quantitative estimate of drug-likeness (QED) is 0.804. The Morgan fingerprint density at radius 3 is 2.83 bits per heavy atom. The number of hydrogen-bond donors (Lipinski definition) is 1. The van der Waals surface area contributed by atoms with E-state index < -0.39 is 0 Å². The van der Waals surface area contributed by atoms with Crippen LogP contribution in [-0.2, 0) is 11.3 Å². The Hall–Kier alpha value is -1.13. The second kappa shape index (κ2) is 6.16. The molecule has 4 heteroatoms. The first-order valence-corrected chi connectivity index (χ1v) is 6.54. The Labute approximate surface area is 109 Å². The minimum Gasteiger partial charge on any atom is -0.472 e. The van der Waals surface area contributed by atoms with Gasteiger partial charge in [-0.2, -0.15) is 0 Å². The zero-order valence-corrected chi connectivity index (χ0v) is 11.4. The van der Waals surface area contributed by atoms with Crippen LogP contribution in [0.15, 0.2) is 12.1 Å². The summed E-state index contributed by atoms with van der Waals surface area (Å²) >= 11 is 0. The van der Waals surface area contributed by atoms with Crippen molar-refractivity contribution in [2.45, 2.75) is 45.4 Å². The van der Waals surface area contributed by atoms with Crippen LogP contribution in [0.4, 0.5) is 0 Å². The number of hydrogen-bond acceptors (Lipinski definition) is 4. The summed E-state index contributed by atoms with van der Waals surface area (Å²) in [5.41, 5.74) is 2.28. The first-order valence-electron chi connectivity index (χ1n) is 6.54. The van der Waals surface area contributed by atoms with Crippen molar-refractivity contribution in [2.75, 3.05) is 13.7 Å². The van der Waals surface area contributed by atoms with Gasteiger partial charge >= 0.3 is 0 Å². The van der Waals surface area contributed by atoms with Crippen LogP contribution >= 0.6 is 0 Å². The summed E-state index contributed by atoms with van der Waals surface area (Å²) in [7, 11) is 1.67. The number of aromatic nitrogens is 1. The van der Waals surface area contributed by atoms with E-state index in [-0.39, 0.29) is 6.10 Å². The van der Waals surface area contributed by atoms with Crippen LogP contribution < -0.4 is 10.1 Å². The third-order valence-corrected chi connectivity index (χ3v) is 3.05. The van der Waals surface area contributed by atoms with E-state index in [2.05, 4.69) is 16.4 Å². The van der Waals surface area contributed by atoms with Gasteiger partial charge in [-0.25, -0.2) is 4.98 Å². The second-order valence-corrected chi connectivity index (χ2v) is 4.93. The Morgan fingerprint density at radius 1 is 1.44 bits per heavy atom. The minimum absolute atomic E-state index is 0.0253. The van der Waals surface area contributed by atoms with Gasteiger partial charge in [0.1, 0.15) is 6.10 Å². The summed E-state index contributed by atoms with van der Waals surface area (Å²) in [5, 5.41) is 3.49. The Balaban J connectivity index is 1.90. The number of aryl methyl sites for hydroxylation is 1. The maximum absolute atomic E-state index is 5.67. The third-order valence-electron chi connectivity index (χ3n) is 3.05. The largest absolute Gasteiger partial charge is 0.472 e. The number of methoxy groups -OCH3 is 1. The summed E-state index contributed by atoms with van der Waals surface area (Å²) in [4.78, 5) is 4.48. The zero-order chi connectivity index (χ0) is 13.0. The van der Waals surface area contributed by atoms with E-state index in [1.165, 1.54) is 18.4 Å². The molecule has 1 aliphatic carbocycles. The second-order valence-electron chi connectivity index (χ2n) is 4.93. The molecule has 0 radical (unpaired) electrons. The lowest BCUT2D eigenvalue weighted by atomic mass is 10.2. The highest BCUT2D eigenvalue weighted by atomic mass is 16.5. The summed E-state index contributed by atoms with van der Waals surface area (Å²) < 4.78 is 10.7. The van der Waals surface area contributed by atoms with Gasteiger partial charge < -0.3 is 14.8 Å². The molecule has 2 rings (SSSR count). The first-order chi connectivity index (χ1) is 8.69. The molecule has 1 unspecified atom stereocenters. The standard InChI is InChI=1S/C14H22N2O2/c1-10(9-17-3)18-14-7-4-12(11(2)16-14)8-15-13-5-6-13/h4,7,10,13,15H,5-6,8-9H2,1-3H3. The molecule has 1 atom stereocenters. The number of nitrogens with one attached hydrogen (secondary N) is 1. The van der Waals surface area contributed by atoms with Crippen LogP contribution in [0.5, 0.6) is 5.88 Å². The molecular weight excluding hydrogens is 228 g/mol. The van der Waals surface area contributed by atoms with E-state index in [9.17, 15) is 0 Å². The van der Waals surface area contributed by atoms with Crippen molar-refractivity contribution in [1.29, 1.82) is 0 Å². The molecule has 0 aromatic carbocycles. The third kappa shape index (κ3) is 3.96. The molecule has 100 valence electrons. The lowest BCUT2D eigenvalue weighted by molar-refractivity contribution is 0.0888. The normalized spacial score (nSPS) is 16.6. The fourth-order valence-corrected chi connectivity index (χ4v) is 1.84. The van der Waals surface area contributed by atoms with Crippen LogP contribution in [0.3, 0.4) is 0 Å². The molecule has 18 heavy (non-hydrogen) atoms. The SMILES string of the molecule is COCC(C)Oc1ccc(CNC2CC2)c(C)n1. The predicted octanol–water partition coefficient (Wildman–Crippen LogP) is 2.06. The summed E-state index contributed by atoms with van der Waals surface area (Å²) in [6.07, 6.45) is 2.64. The molecule has 1 N–H and O–H groups in total. The van der Waals surface area contributed by atoms with E-state index in [0.29, 0.717) is 12.5 Å². The Bertz CT molecular complexity index is 391. The lowest BCUT2D eigenvalue weighted by Crippen LogP contribution is -2.19. The highest BCUT2D eigenvalue weighted by Crippen LogP contribution is 2.20. The predicted molar refractivity (Wildman–Crippen MR) is 70.8 cm³/mol. The van der Waals surface area contributed by atoms with Crippen LogP contribution in [0, 0.1) is 6.92 Å². The molecule has 0 aliphatic heterocycles. The molecule has 1 aliphatic rings. The molecule has 1 saturated carbocycles. The molecule has 1 fully saturated rings. The molecule has 1 aromatic heterocycles. The summed E-state index contributed by atoms with van der Waals surface area (Å²) in [6, 6.07) is 4.75. The van der Waals surface area contributed by atoms with Gasteiger partial charge in [-0.05, 0) is 32.3 Å². The van der Waals surface area contributed by atoms with E-state index in [4.69, 9.17) is 9.47 Å². The van der Waals surface area contributed by atoms with Gasteiger partial charge in [0.15, 0.2) is 0 Å². The average molecular weight is 250 g/mol. The molecule has 0 saturated heterocycles. The molecule has 0 bridgehead atoms. The van der Waals surface area contributed by atoms with Gasteiger partial charge in [-0.15, -0.1) is 0 Å². The highest BCUT2D eigenvalue weighted by molar-refractivity contribution is 5.25. The topological polar surface area (TPSA) is 43.4 Å². The summed E-state index contributed by atoms with van der Waals surface area (Å²) in [5.74, 6) is 0.673. The maximum atomic E-state index is 5.67. The van der Waals surface area contributed by atoms with Crippen molar-refractivity contribution in [1.82, 2.24) is 10.3 Å². The Kier molecular flexibility index (Phi) is 4.55. The van der Waals surface area contributed by atoms with Crippen molar-refractivity contribution in [3.05, 3.63) is 23.4 Å². The van der Waals surface area contributed by atoms with Gasteiger partial charge in [0.2, 0.25) is 5.88 Å². The van der Waals surface area contributed by atoms with Crippen LogP contribution in [0.25, 0.3) is 0 Å². The Morgan fingerprint density at radius 2 is 2.22 bits per heavy atom. The number of pyridine rings is 1. The minimum atomic E-state index is 0.0253. The molecule has 0 amide bonds. The van der Waals surface area contributed by atoms with Gasteiger partial charge in [0, 0.05) is 31.5 Å². The van der Waals surface area contributed by atoms with Crippen LogP contribution in [0.1, 0.15) is 31.0 Å². The van der Waals surface area contributed by atoms with Crippen molar-refractivity contribution in [3.8, 4) is 5.88 Å². The van der Waals surface area contributed by atoms with E-state index >= 15 is 0 Å². The summed E-state index contributed by atoms with van der Waals surface area (Å²) in [6.45, 7) is 5.48. The molecular formula is C14H22N2O2. The zero-order valence-electron chi connectivity index (χ0n) is 11.4. The van der Waals surface area contributed by atoms with Gasteiger partial charge in [-0.1, -0.05) is 6.07 Å². The van der Waals surface area contributed by atoms with Gasteiger partial charge in [-0.3, -0.25) is 0 Å². The lowest BCUT2D eigenvalue weighted by Gasteiger charge is -2.14. The molecule has 1 aromatic rings. The maximum Gasteiger partial charge on any atom is 0.213 e. The average Bonchev–Trinajstić information content (AvgIpc) is 3.12. The van der Waals surface area contributed by atoms with Crippen LogP contribution in [0.2, 0.25) is 0 Å². The van der Waals surface area contributed by atoms with Gasteiger partial charge in [0.05, 0.1) is 6.61 Å². The number of rotatable bonds is 7.